The van der Waals surface area contributed by atoms with E-state index in [1.165, 1.54) is 34.9 Å². The molecule has 0 bridgehead atoms. The fourth-order valence-corrected chi connectivity index (χ4v) is 7.54. The molecule has 3 aromatic rings. The van der Waals surface area contributed by atoms with Crippen LogP contribution in [0.25, 0.3) is 22.3 Å². The van der Waals surface area contributed by atoms with E-state index in [2.05, 4.69) is 0 Å². The molecule has 2 aliphatic rings. The van der Waals surface area contributed by atoms with E-state index in [1.807, 2.05) is 60.7 Å². The molecule has 0 spiro atoms. The molecule has 0 radical (unpaired) electrons. The molecule has 2 fully saturated rings. The molecule has 0 saturated carbocycles. The minimum atomic E-state index is -0.150. The highest BCUT2D eigenvalue weighted by molar-refractivity contribution is 8.23. The number of hydrogen-bond donors (Lipinski definition) is 0. The van der Waals surface area contributed by atoms with Crippen LogP contribution in [0.1, 0.15) is 19.3 Å². The molecule has 2 aromatic carbocycles. The summed E-state index contributed by atoms with van der Waals surface area (Å²) < 4.78 is 1.16. The third-order valence-corrected chi connectivity index (χ3v) is 9.46. The number of amides is 2. The van der Waals surface area contributed by atoms with Crippen molar-refractivity contribution in [3.05, 3.63) is 70.4 Å². The van der Waals surface area contributed by atoms with Crippen molar-refractivity contribution in [1.29, 1.82) is 0 Å². The lowest BCUT2D eigenvalue weighted by Gasteiger charge is -2.16. The molecule has 0 N–H and O–H groups in total. The molecule has 0 atom stereocenters. The number of hydrogen-bond acceptors (Lipinski definition) is 7. The summed E-state index contributed by atoms with van der Waals surface area (Å²) in [7, 11) is 0. The van der Waals surface area contributed by atoms with E-state index in [4.69, 9.17) is 24.4 Å². The maximum Gasteiger partial charge on any atom is 0.270 e. The molecule has 166 valence electrons. The normalized spacial score (nSPS) is 16.0. The summed E-state index contributed by atoms with van der Waals surface area (Å²) in [6.07, 6.45) is 0. The summed E-state index contributed by atoms with van der Waals surface area (Å²) in [6.45, 7) is 1.15. The Morgan fingerprint density at radius 1 is 0.667 bits per heavy atom. The lowest BCUT2D eigenvalue weighted by Crippen LogP contribution is -2.30. The van der Waals surface area contributed by atoms with Gasteiger partial charge in [-0.25, -0.2) is 0 Å². The van der Waals surface area contributed by atoms with E-state index in [-0.39, 0.29) is 11.8 Å². The topological polar surface area (TPSA) is 40.6 Å². The van der Waals surface area contributed by atoms with Crippen molar-refractivity contribution in [2.45, 2.75) is 0 Å². The first-order chi connectivity index (χ1) is 16.1. The maximum absolute atomic E-state index is 13.7. The fourth-order valence-electron chi connectivity index (χ4n) is 3.89. The fraction of sp³-hybridized carbons (Fsp3) is 0.167. The molecule has 2 aliphatic heterocycles. The van der Waals surface area contributed by atoms with Crippen molar-refractivity contribution in [1.82, 2.24) is 9.80 Å². The van der Waals surface area contributed by atoms with E-state index in [0.29, 0.717) is 31.5 Å². The monoisotopic (exact) mass is 526 g/mol. The minimum absolute atomic E-state index is 0.150. The molecule has 33 heavy (non-hydrogen) atoms. The van der Waals surface area contributed by atoms with Gasteiger partial charge in [0.25, 0.3) is 11.8 Å². The predicted octanol–water partition coefficient (Wildman–Crippen LogP) is 6.03. The van der Waals surface area contributed by atoms with Crippen molar-refractivity contribution in [3.63, 3.8) is 0 Å². The van der Waals surface area contributed by atoms with Gasteiger partial charge in [-0.2, -0.15) is 0 Å². The van der Waals surface area contributed by atoms with Gasteiger partial charge in [-0.1, -0.05) is 109 Å². The molecule has 1 aromatic heterocycles. The van der Waals surface area contributed by atoms with Crippen LogP contribution in [0.3, 0.4) is 0 Å². The van der Waals surface area contributed by atoms with Crippen molar-refractivity contribution in [2.24, 2.45) is 0 Å². The van der Waals surface area contributed by atoms with E-state index in [9.17, 15) is 9.59 Å². The van der Waals surface area contributed by atoms with Crippen molar-refractivity contribution in [3.8, 4) is 22.3 Å². The van der Waals surface area contributed by atoms with Crippen LogP contribution in [0.15, 0.2) is 60.7 Å². The SMILES string of the molecule is O=C(c1sc(C(=O)N2CCSC2=S)c(-c2ccccc2)c1-c1ccccc1)N1CCSC1=S. The van der Waals surface area contributed by atoms with Crippen molar-refractivity contribution < 1.29 is 9.59 Å². The number of thioether (sulfide) groups is 2. The van der Waals surface area contributed by atoms with Crippen molar-refractivity contribution >= 4 is 79.8 Å². The Balaban J connectivity index is 1.76. The van der Waals surface area contributed by atoms with Gasteiger partial charge in [-0.3, -0.25) is 19.4 Å². The Hall–Kier alpha value is -2.04. The quantitative estimate of drug-likeness (QED) is 0.387. The Morgan fingerprint density at radius 3 is 1.39 bits per heavy atom. The molecular formula is C24H18N2O2S5. The summed E-state index contributed by atoms with van der Waals surface area (Å²) in [6, 6.07) is 19.6. The first kappa shape index (κ1) is 22.7. The molecule has 5 rings (SSSR count). The highest BCUT2D eigenvalue weighted by Crippen LogP contribution is 2.45. The number of benzene rings is 2. The second-order valence-electron chi connectivity index (χ2n) is 7.38. The van der Waals surface area contributed by atoms with E-state index >= 15 is 0 Å². The predicted molar refractivity (Wildman–Crippen MR) is 147 cm³/mol. The molecule has 2 amide bonds. The first-order valence-electron chi connectivity index (χ1n) is 10.3. The zero-order valence-corrected chi connectivity index (χ0v) is 21.4. The van der Waals surface area contributed by atoms with E-state index in [0.717, 1.165) is 33.8 Å². The number of nitrogens with zero attached hydrogens (tertiary/aromatic N) is 2. The lowest BCUT2D eigenvalue weighted by molar-refractivity contribution is 0.0860. The van der Waals surface area contributed by atoms with Crippen LogP contribution in [0.4, 0.5) is 0 Å². The number of thiocarbonyl (C=S) groups is 2. The van der Waals surface area contributed by atoms with Crippen LogP contribution < -0.4 is 0 Å². The summed E-state index contributed by atoms with van der Waals surface area (Å²) in [5.74, 6) is 1.27. The zero-order chi connectivity index (χ0) is 22.9. The molecule has 4 nitrogen and oxygen atoms in total. The first-order valence-corrected chi connectivity index (χ1v) is 13.9. The third kappa shape index (κ3) is 4.28. The number of rotatable bonds is 4. The van der Waals surface area contributed by atoms with Crippen LogP contribution in [0.2, 0.25) is 0 Å². The Bertz CT molecular complexity index is 1160. The second kappa shape index (κ2) is 9.68. The summed E-state index contributed by atoms with van der Waals surface area (Å²) in [5, 5.41) is 0. The summed E-state index contributed by atoms with van der Waals surface area (Å²) in [4.78, 5) is 31.8. The van der Waals surface area contributed by atoms with Gasteiger partial charge in [-0.15, -0.1) is 11.3 Å². The smallest absolute Gasteiger partial charge is 0.270 e. The Morgan fingerprint density at radius 2 is 1.06 bits per heavy atom. The number of carbonyl (C=O) groups excluding carboxylic acids is 2. The lowest BCUT2D eigenvalue weighted by atomic mass is 9.94. The maximum atomic E-state index is 13.7. The van der Waals surface area contributed by atoms with Gasteiger partial charge < -0.3 is 0 Å². The molecular weight excluding hydrogens is 509 g/mol. The third-order valence-electron chi connectivity index (χ3n) is 5.43. The second-order valence-corrected chi connectivity index (χ2v) is 11.9. The van der Waals surface area contributed by atoms with Gasteiger partial charge in [0, 0.05) is 35.7 Å². The van der Waals surface area contributed by atoms with Gasteiger partial charge in [0.15, 0.2) is 0 Å². The highest BCUT2D eigenvalue weighted by Gasteiger charge is 2.35. The molecule has 2 saturated heterocycles. The highest BCUT2D eigenvalue weighted by atomic mass is 32.2. The van der Waals surface area contributed by atoms with E-state index in [1.54, 1.807) is 9.80 Å². The van der Waals surface area contributed by atoms with Crippen LogP contribution in [0, 0.1) is 0 Å². The van der Waals surface area contributed by atoms with Gasteiger partial charge >= 0.3 is 0 Å². The molecule has 0 aliphatic carbocycles. The zero-order valence-electron chi connectivity index (χ0n) is 17.4. The van der Waals surface area contributed by atoms with Crippen LogP contribution >= 0.6 is 59.3 Å². The van der Waals surface area contributed by atoms with Crippen LogP contribution in [-0.2, 0) is 0 Å². The molecule has 3 heterocycles. The summed E-state index contributed by atoms with van der Waals surface area (Å²) >= 11 is 15.2. The number of thiophene rings is 1. The molecule has 9 heteroatoms. The largest absolute Gasteiger partial charge is 0.292 e. The Labute approximate surface area is 215 Å². The van der Waals surface area contributed by atoms with Crippen LogP contribution in [-0.4, -0.2) is 54.9 Å². The van der Waals surface area contributed by atoms with Gasteiger partial charge in [0.1, 0.15) is 18.4 Å². The van der Waals surface area contributed by atoms with E-state index < -0.39 is 0 Å². The minimum Gasteiger partial charge on any atom is -0.292 e. The average Bonchev–Trinajstić information content (AvgIpc) is 3.57. The number of carbonyl (C=O) groups is 2. The van der Waals surface area contributed by atoms with Gasteiger partial charge in [0.05, 0.1) is 0 Å². The average molecular weight is 527 g/mol. The van der Waals surface area contributed by atoms with Gasteiger partial charge in [-0.05, 0) is 11.1 Å². The standard InChI is InChI=1S/C24H18N2O2S5/c27-21(25-11-13-31-23(25)29)19-17(15-7-3-1-4-8-15)18(16-9-5-2-6-10-16)20(33-19)22(28)26-12-14-32-24(26)30/h1-10H,11-14H2. The summed E-state index contributed by atoms with van der Waals surface area (Å²) in [5.41, 5.74) is 3.34. The van der Waals surface area contributed by atoms with Crippen LogP contribution in [0.5, 0.6) is 0 Å². The molecule has 0 unspecified atom stereocenters. The van der Waals surface area contributed by atoms with Crippen molar-refractivity contribution in [2.75, 3.05) is 24.6 Å². The Kier molecular flexibility index (Phi) is 6.67. The van der Waals surface area contributed by atoms with Gasteiger partial charge in [0.2, 0.25) is 0 Å².